The van der Waals surface area contributed by atoms with E-state index in [1.54, 1.807) is 12.1 Å². The molecule has 3 N–H and O–H groups in total. The van der Waals surface area contributed by atoms with Gasteiger partial charge in [0.1, 0.15) is 10.6 Å². The lowest BCUT2D eigenvalue weighted by Crippen LogP contribution is -2.11. The molecule has 1 amide bonds. The Morgan fingerprint density at radius 2 is 2.08 bits per heavy atom. The lowest BCUT2D eigenvalue weighted by Gasteiger charge is -2.03. The highest BCUT2D eigenvalue weighted by Crippen LogP contribution is 2.36. The Labute approximate surface area is 151 Å². The lowest BCUT2D eigenvalue weighted by molar-refractivity contribution is -0.118. The first-order valence-corrected chi connectivity index (χ1v) is 9.46. The monoisotopic (exact) mass is 377 g/mol. The van der Waals surface area contributed by atoms with Gasteiger partial charge in [0.2, 0.25) is 5.91 Å². The standard InChI is InChI=1S/C17H16FN3O2S2/c1-9-13(10-4-6-11(18)7-5-10)14-15(23)20-17(21-16(14)25-9)24-8-2-3-12(19)22/h4-7H,2-3,8H2,1H3,(H2,19,22)(H,20,21,23). The third-order valence-electron chi connectivity index (χ3n) is 3.66. The van der Waals surface area contributed by atoms with Crippen LogP contribution in [-0.2, 0) is 4.79 Å². The average Bonchev–Trinajstić information content (AvgIpc) is 2.89. The zero-order chi connectivity index (χ0) is 18.0. The molecule has 0 spiro atoms. The number of thioether (sulfide) groups is 1. The second-order valence-electron chi connectivity index (χ2n) is 5.51. The van der Waals surface area contributed by atoms with Crippen molar-refractivity contribution in [1.29, 1.82) is 0 Å². The summed E-state index contributed by atoms with van der Waals surface area (Å²) >= 11 is 2.82. The van der Waals surface area contributed by atoms with Gasteiger partial charge < -0.3 is 10.7 Å². The van der Waals surface area contributed by atoms with Crippen molar-refractivity contribution in [3.8, 4) is 11.1 Å². The maximum atomic E-state index is 13.2. The molecule has 0 radical (unpaired) electrons. The maximum Gasteiger partial charge on any atom is 0.260 e. The van der Waals surface area contributed by atoms with Gasteiger partial charge in [-0.25, -0.2) is 9.37 Å². The van der Waals surface area contributed by atoms with Crippen LogP contribution < -0.4 is 11.3 Å². The quantitative estimate of drug-likeness (QED) is 0.391. The summed E-state index contributed by atoms with van der Waals surface area (Å²) in [5.74, 6) is -0.00928. The molecule has 5 nitrogen and oxygen atoms in total. The van der Waals surface area contributed by atoms with Gasteiger partial charge in [-0.2, -0.15) is 0 Å². The highest BCUT2D eigenvalue weighted by atomic mass is 32.2. The van der Waals surface area contributed by atoms with E-state index in [0.29, 0.717) is 34.0 Å². The van der Waals surface area contributed by atoms with E-state index in [-0.39, 0.29) is 17.3 Å². The topological polar surface area (TPSA) is 88.8 Å². The molecule has 0 fully saturated rings. The number of hydrogen-bond acceptors (Lipinski definition) is 5. The number of H-pyrrole nitrogens is 1. The molecule has 130 valence electrons. The highest BCUT2D eigenvalue weighted by Gasteiger charge is 2.16. The van der Waals surface area contributed by atoms with E-state index >= 15 is 0 Å². The molecular formula is C17H16FN3O2S2. The minimum Gasteiger partial charge on any atom is -0.370 e. The molecule has 0 saturated heterocycles. The number of amides is 1. The predicted octanol–water partition coefficient (Wildman–Crippen LogP) is 3.46. The van der Waals surface area contributed by atoms with Gasteiger partial charge in [-0.1, -0.05) is 23.9 Å². The van der Waals surface area contributed by atoms with E-state index in [2.05, 4.69) is 9.97 Å². The number of rotatable bonds is 6. The number of aryl methyl sites for hydroxylation is 1. The number of halogens is 1. The number of aromatic amines is 1. The number of nitrogens with one attached hydrogen (secondary N) is 1. The number of carbonyl (C=O) groups excluding carboxylic acids is 1. The van der Waals surface area contributed by atoms with Crippen molar-refractivity contribution < 1.29 is 9.18 Å². The number of carbonyl (C=O) groups is 1. The zero-order valence-corrected chi connectivity index (χ0v) is 15.1. The minimum absolute atomic E-state index is 0.217. The summed E-state index contributed by atoms with van der Waals surface area (Å²) in [6.07, 6.45) is 0.943. The molecule has 0 aliphatic carbocycles. The first kappa shape index (κ1) is 17.6. The SMILES string of the molecule is Cc1sc2nc(SCCCC(N)=O)[nH]c(=O)c2c1-c1ccc(F)cc1. The van der Waals surface area contributed by atoms with Gasteiger partial charge in [0.15, 0.2) is 5.16 Å². The van der Waals surface area contributed by atoms with Crippen molar-refractivity contribution in [1.82, 2.24) is 9.97 Å². The van der Waals surface area contributed by atoms with Gasteiger partial charge in [-0.15, -0.1) is 11.3 Å². The molecule has 1 aromatic carbocycles. The predicted molar refractivity (Wildman–Crippen MR) is 99.5 cm³/mol. The molecule has 0 unspecified atom stereocenters. The van der Waals surface area contributed by atoms with Crippen LogP contribution in [0.3, 0.4) is 0 Å². The Kier molecular flexibility index (Phi) is 5.19. The maximum absolute atomic E-state index is 13.2. The molecular weight excluding hydrogens is 361 g/mol. The summed E-state index contributed by atoms with van der Waals surface area (Å²) < 4.78 is 13.2. The molecule has 2 aromatic heterocycles. The number of hydrogen-bond donors (Lipinski definition) is 2. The minimum atomic E-state index is -0.338. The number of nitrogens with two attached hydrogens (primary N) is 1. The Bertz CT molecular complexity index is 980. The number of thiophene rings is 1. The third kappa shape index (κ3) is 3.91. The molecule has 0 aliphatic heterocycles. The summed E-state index contributed by atoms with van der Waals surface area (Å²) in [6.45, 7) is 1.92. The molecule has 2 heterocycles. The van der Waals surface area contributed by atoms with E-state index in [9.17, 15) is 14.0 Å². The highest BCUT2D eigenvalue weighted by molar-refractivity contribution is 7.99. The summed E-state index contributed by atoms with van der Waals surface area (Å²) in [5, 5.41) is 1.05. The molecule has 0 aliphatic rings. The fraction of sp³-hybridized carbons (Fsp3) is 0.235. The van der Waals surface area contributed by atoms with Crippen LogP contribution in [0, 0.1) is 12.7 Å². The van der Waals surface area contributed by atoms with Crippen molar-refractivity contribution in [2.45, 2.75) is 24.9 Å². The molecule has 0 saturated carbocycles. The molecule has 25 heavy (non-hydrogen) atoms. The molecule has 3 rings (SSSR count). The van der Waals surface area contributed by atoms with E-state index in [1.165, 1.54) is 35.2 Å². The smallest absolute Gasteiger partial charge is 0.260 e. The Morgan fingerprint density at radius 1 is 1.36 bits per heavy atom. The lowest BCUT2D eigenvalue weighted by atomic mass is 10.0. The van der Waals surface area contributed by atoms with Crippen molar-refractivity contribution >= 4 is 39.2 Å². The van der Waals surface area contributed by atoms with Gasteiger partial charge in [0, 0.05) is 22.6 Å². The molecule has 0 atom stereocenters. The van der Waals surface area contributed by atoms with Crippen LogP contribution in [-0.4, -0.2) is 21.6 Å². The third-order valence-corrected chi connectivity index (χ3v) is 5.61. The number of primary amides is 1. The summed E-state index contributed by atoms with van der Waals surface area (Å²) in [4.78, 5) is 32.2. The number of benzene rings is 1. The van der Waals surface area contributed by atoms with Crippen molar-refractivity contribution in [2.24, 2.45) is 5.73 Å². The number of nitrogens with zero attached hydrogens (tertiary/aromatic N) is 1. The average molecular weight is 377 g/mol. The van der Waals surface area contributed by atoms with E-state index in [0.717, 1.165) is 16.0 Å². The van der Waals surface area contributed by atoms with Gasteiger partial charge in [0.25, 0.3) is 5.56 Å². The van der Waals surface area contributed by atoms with Crippen LogP contribution in [0.2, 0.25) is 0 Å². The Morgan fingerprint density at radius 3 is 2.76 bits per heavy atom. The van der Waals surface area contributed by atoms with Crippen LogP contribution in [0.4, 0.5) is 4.39 Å². The first-order chi connectivity index (χ1) is 12.0. The summed E-state index contributed by atoms with van der Waals surface area (Å²) in [6, 6.07) is 6.08. The van der Waals surface area contributed by atoms with Crippen LogP contribution in [0.5, 0.6) is 0 Å². The molecule has 8 heteroatoms. The van der Waals surface area contributed by atoms with E-state index in [1.807, 2.05) is 6.92 Å². The normalized spacial score (nSPS) is 11.1. The van der Waals surface area contributed by atoms with E-state index in [4.69, 9.17) is 5.73 Å². The van der Waals surface area contributed by atoms with E-state index < -0.39 is 0 Å². The van der Waals surface area contributed by atoms with Crippen molar-refractivity contribution in [2.75, 3.05) is 5.75 Å². The number of fused-ring (bicyclic) bond motifs is 1. The fourth-order valence-corrected chi connectivity index (χ4v) is 4.45. The molecule has 0 bridgehead atoms. The Balaban J connectivity index is 1.94. The second kappa shape index (κ2) is 7.37. The second-order valence-corrected chi connectivity index (χ2v) is 7.80. The largest absolute Gasteiger partial charge is 0.370 e. The fourth-order valence-electron chi connectivity index (χ4n) is 2.55. The Hall–Kier alpha value is -2.19. The van der Waals surface area contributed by atoms with Crippen LogP contribution in [0.1, 0.15) is 17.7 Å². The van der Waals surface area contributed by atoms with Gasteiger partial charge >= 0.3 is 0 Å². The molecule has 3 aromatic rings. The van der Waals surface area contributed by atoms with Gasteiger partial charge in [0.05, 0.1) is 5.39 Å². The number of aromatic nitrogens is 2. The van der Waals surface area contributed by atoms with Gasteiger partial charge in [-0.05, 0) is 31.0 Å². The van der Waals surface area contributed by atoms with Crippen LogP contribution >= 0.6 is 23.1 Å². The first-order valence-electron chi connectivity index (χ1n) is 7.66. The summed E-state index contributed by atoms with van der Waals surface area (Å²) in [5.41, 5.74) is 6.48. The summed E-state index contributed by atoms with van der Waals surface area (Å²) in [7, 11) is 0. The van der Waals surface area contributed by atoms with Crippen molar-refractivity contribution in [3.05, 3.63) is 45.3 Å². The van der Waals surface area contributed by atoms with Crippen LogP contribution in [0.15, 0.2) is 34.2 Å². The zero-order valence-electron chi connectivity index (χ0n) is 13.5. The van der Waals surface area contributed by atoms with Crippen LogP contribution in [0.25, 0.3) is 21.3 Å². The van der Waals surface area contributed by atoms with Gasteiger partial charge in [-0.3, -0.25) is 9.59 Å². The van der Waals surface area contributed by atoms with Crippen molar-refractivity contribution in [3.63, 3.8) is 0 Å².